The molecule has 0 aromatic carbocycles. The summed E-state index contributed by atoms with van der Waals surface area (Å²) in [6, 6.07) is 2.95. The summed E-state index contributed by atoms with van der Waals surface area (Å²) in [6.07, 6.45) is -2.80. The van der Waals surface area contributed by atoms with Gasteiger partial charge in [-0.25, -0.2) is 14.8 Å². The van der Waals surface area contributed by atoms with Crippen molar-refractivity contribution in [2.75, 3.05) is 41.4 Å². The summed E-state index contributed by atoms with van der Waals surface area (Å²) < 4.78 is 44.2. The minimum Gasteiger partial charge on any atom is -0.491 e. The third-order valence-corrected chi connectivity index (χ3v) is 6.09. The Balaban J connectivity index is 1.57. The summed E-state index contributed by atoms with van der Waals surface area (Å²) in [5.41, 5.74) is 0.347. The van der Waals surface area contributed by atoms with Crippen LogP contribution in [-0.2, 0) is 0 Å². The van der Waals surface area contributed by atoms with Crippen LogP contribution in [0.3, 0.4) is 0 Å². The average molecular weight is 525 g/mol. The number of alkyl halides is 3. The van der Waals surface area contributed by atoms with Crippen molar-refractivity contribution in [3.63, 3.8) is 0 Å². The fourth-order valence-corrected chi connectivity index (χ4v) is 4.15. The Morgan fingerprint density at radius 1 is 1.30 bits per heavy atom. The molecular weight excluding hydrogens is 497 g/mol. The molecule has 3 amide bonds. The van der Waals surface area contributed by atoms with Gasteiger partial charge in [0, 0.05) is 25.4 Å². The Bertz CT molecular complexity index is 1150. The number of carbonyl (C=O) groups is 2. The van der Waals surface area contributed by atoms with Gasteiger partial charge < -0.3 is 25.2 Å². The molecule has 4 heterocycles. The molecule has 2 aliphatic heterocycles. The topological polar surface area (TPSA) is 140 Å². The van der Waals surface area contributed by atoms with Crippen LogP contribution in [0.15, 0.2) is 30.5 Å². The molecule has 200 valence electrons. The first-order valence-corrected chi connectivity index (χ1v) is 11.7. The first-order valence-electron chi connectivity index (χ1n) is 11.7. The lowest BCUT2D eigenvalue weighted by atomic mass is 9.99. The number of piperidine rings is 1. The van der Waals surface area contributed by atoms with Crippen molar-refractivity contribution in [3.05, 3.63) is 36.2 Å². The van der Waals surface area contributed by atoms with Gasteiger partial charge in [-0.1, -0.05) is 0 Å². The number of amides is 3. The molecule has 37 heavy (non-hydrogen) atoms. The van der Waals surface area contributed by atoms with Gasteiger partial charge >= 0.3 is 12.2 Å². The summed E-state index contributed by atoms with van der Waals surface area (Å²) in [5.74, 6) is -0.389. The number of nitrogens with zero attached hydrogens (tertiary/aromatic N) is 4. The van der Waals surface area contributed by atoms with E-state index in [-0.39, 0.29) is 30.0 Å². The first kappa shape index (κ1) is 26.4. The van der Waals surface area contributed by atoms with Gasteiger partial charge in [0.1, 0.15) is 36.0 Å². The normalized spacial score (nSPS) is 18.5. The molecular formula is C23H27F3N6O5. The van der Waals surface area contributed by atoms with E-state index in [0.29, 0.717) is 24.4 Å². The zero-order valence-corrected chi connectivity index (χ0v) is 19.9. The van der Waals surface area contributed by atoms with Gasteiger partial charge in [-0.15, -0.1) is 0 Å². The fourth-order valence-electron chi connectivity index (χ4n) is 4.15. The molecule has 2 aliphatic rings. The van der Waals surface area contributed by atoms with Gasteiger partial charge in [0.05, 0.1) is 18.3 Å². The molecule has 2 aromatic heterocycles. The molecule has 2 bridgehead atoms. The number of carbonyl (C=O) groups excluding carboxylic acids is 2. The Kier molecular flexibility index (Phi) is 7.68. The third kappa shape index (κ3) is 6.02. The SMILES string of the molecule is C[C@@H](NC(=O)c1ccc2c(n1)N(C(=O)Nc1cc(OC[C@H](O)CO)ccn1)[C@H]1CCCN2C1)C(F)(F)F. The Morgan fingerprint density at radius 2 is 2.08 bits per heavy atom. The van der Waals surface area contributed by atoms with Crippen LogP contribution in [0.4, 0.5) is 35.3 Å². The maximum Gasteiger partial charge on any atom is 0.408 e. The van der Waals surface area contributed by atoms with Crippen molar-refractivity contribution in [2.24, 2.45) is 0 Å². The van der Waals surface area contributed by atoms with E-state index in [2.05, 4.69) is 15.3 Å². The maximum atomic E-state index is 13.4. The Labute approximate surface area is 210 Å². The summed E-state index contributed by atoms with van der Waals surface area (Å²) in [7, 11) is 0. The number of nitrogens with one attached hydrogen (secondary N) is 2. The third-order valence-electron chi connectivity index (χ3n) is 6.09. The highest BCUT2D eigenvalue weighted by Gasteiger charge is 2.40. The van der Waals surface area contributed by atoms with Gasteiger partial charge in [-0.05, 0) is 38.0 Å². The Morgan fingerprint density at radius 3 is 2.81 bits per heavy atom. The van der Waals surface area contributed by atoms with Crippen LogP contribution in [0.25, 0.3) is 0 Å². The molecule has 14 heteroatoms. The molecule has 1 saturated heterocycles. The van der Waals surface area contributed by atoms with E-state index in [0.717, 1.165) is 19.9 Å². The molecule has 2 aromatic rings. The van der Waals surface area contributed by atoms with Crippen molar-refractivity contribution in [1.82, 2.24) is 15.3 Å². The second kappa shape index (κ2) is 10.8. The van der Waals surface area contributed by atoms with Crippen LogP contribution in [0, 0.1) is 0 Å². The van der Waals surface area contributed by atoms with E-state index in [4.69, 9.17) is 9.84 Å². The average Bonchev–Trinajstić information content (AvgIpc) is 2.86. The van der Waals surface area contributed by atoms with Crippen molar-refractivity contribution >= 4 is 29.3 Å². The van der Waals surface area contributed by atoms with Gasteiger partial charge in [0.2, 0.25) is 0 Å². The van der Waals surface area contributed by atoms with Crippen LogP contribution in [-0.4, -0.2) is 82.8 Å². The summed E-state index contributed by atoms with van der Waals surface area (Å²) in [4.78, 5) is 37.7. The number of pyridine rings is 2. The number of hydrogen-bond donors (Lipinski definition) is 4. The quantitative estimate of drug-likeness (QED) is 0.431. The van der Waals surface area contributed by atoms with E-state index >= 15 is 0 Å². The lowest BCUT2D eigenvalue weighted by Crippen LogP contribution is -2.56. The molecule has 0 radical (unpaired) electrons. The lowest BCUT2D eigenvalue weighted by molar-refractivity contribution is -0.149. The highest BCUT2D eigenvalue weighted by molar-refractivity contribution is 6.04. The lowest BCUT2D eigenvalue weighted by Gasteiger charge is -2.45. The molecule has 4 rings (SSSR count). The van der Waals surface area contributed by atoms with Crippen molar-refractivity contribution in [3.8, 4) is 5.75 Å². The number of urea groups is 1. The van der Waals surface area contributed by atoms with Gasteiger partial charge in [-0.2, -0.15) is 13.2 Å². The largest absolute Gasteiger partial charge is 0.491 e. The molecule has 1 fully saturated rings. The second-order valence-corrected chi connectivity index (χ2v) is 8.84. The smallest absolute Gasteiger partial charge is 0.408 e. The Hall–Kier alpha value is -3.65. The van der Waals surface area contributed by atoms with E-state index in [1.54, 1.807) is 6.07 Å². The van der Waals surface area contributed by atoms with Crippen LogP contribution >= 0.6 is 0 Å². The zero-order chi connectivity index (χ0) is 26.7. The number of halogens is 3. The number of rotatable bonds is 7. The summed E-state index contributed by atoms with van der Waals surface area (Å²) in [5, 5.41) is 23.0. The summed E-state index contributed by atoms with van der Waals surface area (Å²) in [6.45, 7) is 1.46. The minimum absolute atomic E-state index is 0.147. The highest BCUT2D eigenvalue weighted by atomic mass is 19.4. The molecule has 0 unspecified atom stereocenters. The molecule has 4 N–H and O–H groups in total. The van der Waals surface area contributed by atoms with Gasteiger partial charge in [-0.3, -0.25) is 15.0 Å². The number of aromatic nitrogens is 2. The van der Waals surface area contributed by atoms with Crippen LogP contribution < -0.4 is 25.2 Å². The molecule has 11 nitrogen and oxygen atoms in total. The van der Waals surface area contributed by atoms with Crippen molar-refractivity contribution < 1.29 is 37.7 Å². The van der Waals surface area contributed by atoms with E-state index < -0.39 is 36.9 Å². The second-order valence-electron chi connectivity index (χ2n) is 8.84. The maximum absolute atomic E-state index is 13.4. The van der Waals surface area contributed by atoms with Gasteiger partial charge in [0.25, 0.3) is 5.91 Å². The predicted octanol–water partition coefficient (Wildman–Crippen LogP) is 1.91. The van der Waals surface area contributed by atoms with Crippen molar-refractivity contribution in [2.45, 2.75) is 44.1 Å². The predicted molar refractivity (Wildman–Crippen MR) is 127 cm³/mol. The number of aliphatic hydroxyl groups is 2. The van der Waals surface area contributed by atoms with Crippen molar-refractivity contribution in [1.29, 1.82) is 0 Å². The fraction of sp³-hybridized carbons (Fsp3) is 0.478. The van der Waals surface area contributed by atoms with E-state index in [1.807, 2.05) is 10.2 Å². The molecule has 0 saturated carbocycles. The van der Waals surface area contributed by atoms with Gasteiger partial charge in [0.15, 0.2) is 5.82 Å². The minimum atomic E-state index is -4.61. The molecule has 3 atom stereocenters. The zero-order valence-electron chi connectivity index (χ0n) is 19.9. The number of fused-ring (bicyclic) bond motifs is 4. The number of hydrogen-bond acceptors (Lipinski definition) is 8. The van der Waals surface area contributed by atoms with E-state index in [9.17, 15) is 27.9 Å². The standard InChI is InChI=1S/C23H27F3N6O5/c1-13(23(24,25)26)28-21(35)17-4-5-18-20(29-17)32(14-3-2-8-31(18)10-14)22(36)30-19-9-16(6-7-27-19)37-12-15(34)11-33/h4-7,9,13-15,33-34H,2-3,8,10-12H2,1H3,(H,28,35)(H,27,30,36)/t13-,14+,15-/m1/s1. The van der Waals surface area contributed by atoms with Crippen LogP contribution in [0.5, 0.6) is 5.75 Å². The summed E-state index contributed by atoms with van der Waals surface area (Å²) >= 11 is 0. The monoisotopic (exact) mass is 524 g/mol. The number of ether oxygens (including phenoxy) is 1. The first-order chi connectivity index (χ1) is 17.6. The van der Waals surface area contributed by atoms with Crippen LogP contribution in [0.1, 0.15) is 30.3 Å². The van der Waals surface area contributed by atoms with Crippen LogP contribution in [0.2, 0.25) is 0 Å². The molecule has 0 spiro atoms. The number of anilines is 3. The highest BCUT2D eigenvalue weighted by Crippen LogP contribution is 2.38. The molecule has 0 aliphatic carbocycles. The van der Waals surface area contributed by atoms with E-state index in [1.165, 1.54) is 29.3 Å². The number of aliphatic hydroxyl groups excluding tert-OH is 2.